The number of amides is 1. The third-order valence-electron chi connectivity index (χ3n) is 4.75. The van der Waals surface area contributed by atoms with E-state index in [2.05, 4.69) is 29.4 Å². The highest BCUT2D eigenvalue weighted by atomic mass is 32.2. The van der Waals surface area contributed by atoms with Gasteiger partial charge in [-0.3, -0.25) is 4.79 Å². The molecular weight excluding hydrogens is 426 g/mol. The lowest BCUT2D eigenvalue weighted by atomic mass is 10.0. The van der Waals surface area contributed by atoms with Gasteiger partial charge in [0.2, 0.25) is 11.1 Å². The minimum Gasteiger partial charge on any atom is -0.492 e. The molecule has 8 nitrogen and oxygen atoms in total. The maximum absolute atomic E-state index is 12.7. The van der Waals surface area contributed by atoms with E-state index in [4.69, 9.17) is 15.3 Å². The molecule has 0 saturated carbocycles. The van der Waals surface area contributed by atoms with Crippen LogP contribution in [0.4, 0.5) is 5.69 Å². The van der Waals surface area contributed by atoms with Crippen LogP contribution in [0.2, 0.25) is 0 Å². The second-order valence-electron chi connectivity index (χ2n) is 7.46. The monoisotopic (exact) mass is 455 g/mol. The molecule has 1 amide bonds. The van der Waals surface area contributed by atoms with E-state index in [0.717, 1.165) is 5.75 Å². The topological polar surface area (TPSA) is 104 Å². The molecule has 2 aromatic carbocycles. The Hall–Kier alpha value is -3.20. The maximum Gasteiger partial charge on any atom is 0.237 e. The van der Waals surface area contributed by atoms with Crippen molar-refractivity contribution in [3.8, 4) is 11.5 Å². The quantitative estimate of drug-likeness (QED) is 0.348. The van der Waals surface area contributed by atoms with Gasteiger partial charge in [0.05, 0.1) is 17.5 Å². The number of nitrogens with two attached hydrogens (primary N) is 1. The third-order valence-corrected chi connectivity index (χ3v) is 5.80. The maximum atomic E-state index is 12.7. The Kier molecular flexibility index (Phi) is 7.99. The number of carbonyl (C=O) groups is 1. The molecule has 1 heterocycles. The first-order valence-corrected chi connectivity index (χ1v) is 11.4. The van der Waals surface area contributed by atoms with Crippen molar-refractivity contribution in [2.24, 2.45) is 0 Å². The van der Waals surface area contributed by atoms with E-state index in [1.54, 1.807) is 13.0 Å². The fourth-order valence-electron chi connectivity index (χ4n) is 2.88. The Labute approximate surface area is 192 Å². The van der Waals surface area contributed by atoms with Gasteiger partial charge in [-0.05, 0) is 49.6 Å². The van der Waals surface area contributed by atoms with Gasteiger partial charge in [-0.1, -0.05) is 49.9 Å². The highest BCUT2D eigenvalue weighted by Crippen LogP contribution is 2.27. The summed E-state index contributed by atoms with van der Waals surface area (Å²) < 4.78 is 12.7. The van der Waals surface area contributed by atoms with Gasteiger partial charge in [0.15, 0.2) is 5.82 Å². The van der Waals surface area contributed by atoms with Gasteiger partial charge in [0, 0.05) is 0 Å². The Morgan fingerprint density at radius 3 is 2.50 bits per heavy atom. The molecule has 0 fully saturated rings. The summed E-state index contributed by atoms with van der Waals surface area (Å²) >= 11 is 1.22. The van der Waals surface area contributed by atoms with Crippen molar-refractivity contribution in [1.29, 1.82) is 0 Å². The number of nitrogens with one attached hydrogen (secondary N) is 1. The lowest BCUT2D eigenvalue weighted by molar-refractivity contribution is -0.115. The van der Waals surface area contributed by atoms with Crippen LogP contribution in [-0.2, 0) is 11.4 Å². The van der Waals surface area contributed by atoms with Crippen molar-refractivity contribution in [3.63, 3.8) is 0 Å². The largest absolute Gasteiger partial charge is 0.492 e. The van der Waals surface area contributed by atoms with Crippen molar-refractivity contribution in [1.82, 2.24) is 14.9 Å². The van der Waals surface area contributed by atoms with E-state index in [9.17, 15) is 4.79 Å². The van der Waals surface area contributed by atoms with Gasteiger partial charge in [-0.25, -0.2) is 4.68 Å². The highest BCUT2D eigenvalue weighted by molar-refractivity contribution is 8.00. The number of hydrogen-bond acceptors (Lipinski definition) is 7. The van der Waals surface area contributed by atoms with Crippen LogP contribution >= 0.6 is 11.8 Å². The SMILES string of the molecule is CCOc1ccccc1NC(=O)C(C)Sc1nnc(COc2ccc(C(C)C)cc2)n1N. The molecule has 1 atom stereocenters. The molecule has 32 heavy (non-hydrogen) atoms. The smallest absolute Gasteiger partial charge is 0.237 e. The van der Waals surface area contributed by atoms with Crippen molar-refractivity contribution >= 4 is 23.4 Å². The van der Waals surface area contributed by atoms with Crippen LogP contribution in [-0.4, -0.2) is 32.6 Å². The Morgan fingerprint density at radius 1 is 1.09 bits per heavy atom. The second kappa shape index (κ2) is 10.9. The summed E-state index contributed by atoms with van der Waals surface area (Å²) in [4.78, 5) is 12.7. The second-order valence-corrected chi connectivity index (χ2v) is 8.77. The predicted molar refractivity (Wildman–Crippen MR) is 127 cm³/mol. The summed E-state index contributed by atoms with van der Waals surface area (Å²) in [7, 11) is 0. The molecular formula is C23H29N5O3S. The number of nitrogens with zero attached hydrogens (tertiary/aromatic N) is 3. The molecule has 0 bridgehead atoms. The van der Waals surface area contributed by atoms with Crippen molar-refractivity contribution in [3.05, 3.63) is 59.9 Å². The van der Waals surface area contributed by atoms with Gasteiger partial charge in [-0.15, -0.1) is 10.2 Å². The molecule has 0 aliphatic carbocycles. The number of nitrogen functional groups attached to an aromatic ring is 1. The number of hydrogen-bond donors (Lipinski definition) is 2. The van der Waals surface area contributed by atoms with Crippen molar-refractivity contribution in [2.45, 2.75) is 50.6 Å². The molecule has 3 N–H and O–H groups in total. The minimum absolute atomic E-state index is 0.174. The molecule has 9 heteroatoms. The van der Waals surface area contributed by atoms with E-state index in [0.29, 0.717) is 34.9 Å². The number of ether oxygens (including phenoxy) is 2. The fraction of sp³-hybridized carbons (Fsp3) is 0.348. The van der Waals surface area contributed by atoms with Gasteiger partial charge in [0.1, 0.15) is 18.1 Å². The number of aromatic nitrogens is 3. The molecule has 0 spiro atoms. The summed E-state index contributed by atoms with van der Waals surface area (Å²) in [5, 5.41) is 11.1. The average Bonchev–Trinajstić information content (AvgIpc) is 3.13. The fourth-order valence-corrected chi connectivity index (χ4v) is 3.67. The normalized spacial score (nSPS) is 11.9. The Morgan fingerprint density at radius 2 is 1.81 bits per heavy atom. The zero-order valence-electron chi connectivity index (χ0n) is 18.7. The lowest BCUT2D eigenvalue weighted by Crippen LogP contribution is -2.24. The van der Waals surface area contributed by atoms with Gasteiger partial charge < -0.3 is 20.6 Å². The standard InChI is InChI=1S/C23H29N5O3S/c1-5-30-20-9-7-6-8-19(20)25-22(29)16(4)32-23-27-26-21(28(23)24)14-31-18-12-10-17(11-13-18)15(2)3/h6-13,15-16H,5,14,24H2,1-4H3,(H,25,29). The molecule has 0 aliphatic heterocycles. The number of para-hydroxylation sites is 2. The third kappa shape index (κ3) is 5.94. The van der Waals surface area contributed by atoms with Crippen LogP contribution in [0.15, 0.2) is 53.7 Å². The summed E-state index contributed by atoms with van der Waals surface area (Å²) in [6, 6.07) is 15.2. The Balaban J connectivity index is 1.58. The molecule has 3 rings (SSSR count). The van der Waals surface area contributed by atoms with Crippen LogP contribution in [0.5, 0.6) is 11.5 Å². The van der Waals surface area contributed by atoms with Gasteiger partial charge in [-0.2, -0.15) is 0 Å². The number of rotatable bonds is 10. The molecule has 1 aromatic heterocycles. The van der Waals surface area contributed by atoms with E-state index in [-0.39, 0.29) is 12.5 Å². The van der Waals surface area contributed by atoms with Crippen LogP contribution < -0.4 is 20.6 Å². The van der Waals surface area contributed by atoms with Crippen LogP contribution in [0.3, 0.4) is 0 Å². The van der Waals surface area contributed by atoms with Crippen LogP contribution in [0.25, 0.3) is 0 Å². The molecule has 170 valence electrons. The summed E-state index contributed by atoms with van der Waals surface area (Å²) in [6.07, 6.45) is 0. The molecule has 0 saturated heterocycles. The first-order chi connectivity index (χ1) is 15.4. The number of anilines is 1. The first kappa shape index (κ1) is 23.5. The van der Waals surface area contributed by atoms with Crippen LogP contribution in [0, 0.1) is 0 Å². The lowest BCUT2D eigenvalue weighted by Gasteiger charge is -2.14. The highest BCUT2D eigenvalue weighted by Gasteiger charge is 2.20. The van der Waals surface area contributed by atoms with Crippen LogP contribution in [0.1, 0.15) is 45.0 Å². The summed E-state index contributed by atoms with van der Waals surface area (Å²) in [5.41, 5.74) is 1.87. The Bertz CT molecular complexity index is 1040. The molecule has 3 aromatic rings. The first-order valence-electron chi connectivity index (χ1n) is 10.5. The number of carbonyl (C=O) groups excluding carboxylic acids is 1. The van der Waals surface area contributed by atoms with E-state index >= 15 is 0 Å². The van der Waals surface area contributed by atoms with E-state index < -0.39 is 5.25 Å². The summed E-state index contributed by atoms with van der Waals surface area (Å²) in [6.45, 7) is 8.65. The minimum atomic E-state index is -0.450. The molecule has 1 unspecified atom stereocenters. The van der Waals surface area contributed by atoms with Gasteiger partial charge in [0.25, 0.3) is 0 Å². The number of thioether (sulfide) groups is 1. The predicted octanol–water partition coefficient (Wildman–Crippen LogP) is 4.21. The van der Waals surface area contributed by atoms with E-state index in [1.165, 1.54) is 22.0 Å². The van der Waals surface area contributed by atoms with Crippen molar-refractivity contribution < 1.29 is 14.3 Å². The average molecular weight is 456 g/mol. The van der Waals surface area contributed by atoms with Crippen molar-refractivity contribution in [2.75, 3.05) is 17.8 Å². The summed E-state index contributed by atoms with van der Waals surface area (Å²) in [5.74, 6) is 8.23. The molecule has 0 aliphatic rings. The van der Waals surface area contributed by atoms with Gasteiger partial charge >= 0.3 is 0 Å². The zero-order chi connectivity index (χ0) is 23.1. The molecule has 0 radical (unpaired) electrons. The van der Waals surface area contributed by atoms with E-state index in [1.807, 2.05) is 49.4 Å². The number of benzene rings is 2. The zero-order valence-corrected chi connectivity index (χ0v) is 19.6.